The highest BCUT2D eigenvalue weighted by Crippen LogP contribution is 2.41. The topological polar surface area (TPSA) is 87.5 Å². The van der Waals surface area contributed by atoms with E-state index in [9.17, 15) is 4.79 Å². The summed E-state index contributed by atoms with van der Waals surface area (Å²) in [5.41, 5.74) is 3.50. The molecule has 0 unspecified atom stereocenters. The van der Waals surface area contributed by atoms with Crippen LogP contribution in [0.2, 0.25) is 0 Å². The highest BCUT2D eigenvalue weighted by atomic mass is 16.6. The van der Waals surface area contributed by atoms with Crippen LogP contribution in [0.1, 0.15) is 45.2 Å². The number of hydrogen-bond acceptors (Lipinski definition) is 6. The number of nitrogens with zero attached hydrogens (tertiary/aromatic N) is 3. The molecule has 8 nitrogen and oxygen atoms in total. The first-order valence-corrected chi connectivity index (χ1v) is 11.1. The Morgan fingerprint density at radius 2 is 1.91 bits per heavy atom. The van der Waals surface area contributed by atoms with Gasteiger partial charge in [0, 0.05) is 17.5 Å². The summed E-state index contributed by atoms with van der Waals surface area (Å²) in [5.74, 6) is 1.83. The van der Waals surface area contributed by atoms with Crippen molar-refractivity contribution in [3.63, 3.8) is 0 Å². The molecule has 2 heterocycles. The van der Waals surface area contributed by atoms with Crippen molar-refractivity contribution in [2.75, 3.05) is 20.3 Å². The Morgan fingerprint density at radius 3 is 2.52 bits per heavy atom. The molecule has 0 bridgehead atoms. The molecule has 1 fully saturated rings. The summed E-state index contributed by atoms with van der Waals surface area (Å²) in [6, 6.07) is 13.8. The fraction of sp³-hybridized carbons (Fsp3) is 0.400. The predicted octanol–water partition coefficient (Wildman–Crippen LogP) is 4.72. The second-order valence-electron chi connectivity index (χ2n) is 9.00. The first-order chi connectivity index (χ1) is 15.8. The molecule has 1 N–H and O–H groups in total. The molecule has 33 heavy (non-hydrogen) atoms. The van der Waals surface area contributed by atoms with E-state index < -0.39 is 11.7 Å². The van der Waals surface area contributed by atoms with Crippen LogP contribution < -0.4 is 14.8 Å². The van der Waals surface area contributed by atoms with Gasteiger partial charge >= 0.3 is 6.09 Å². The second kappa shape index (κ2) is 9.52. The highest BCUT2D eigenvalue weighted by molar-refractivity contribution is 5.67. The van der Waals surface area contributed by atoms with Crippen LogP contribution in [0.25, 0.3) is 16.9 Å². The summed E-state index contributed by atoms with van der Waals surface area (Å²) in [7, 11) is 1.60. The first kappa shape index (κ1) is 22.6. The van der Waals surface area contributed by atoms with Crippen LogP contribution in [0.3, 0.4) is 0 Å². The zero-order chi connectivity index (χ0) is 23.4. The van der Waals surface area contributed by atoms with Crippen molar-refractivity contribution in [1.29, 1.82) is 0 Å². The number of ether oxygens (including phenoxy) is 3. The number of nitrogens with one attached hydrogen (secondary N) is 1. The minimum absolute atomic E-state index is 0.347. The van der Waals surface area contributed by atoms with E-state index in [0.717, 1.165) is 28.4 Å². The Bertz CT molecular complexity index is 1080. The Hall–Kier alpha value is -3.55. The van der Waals surface area contributed by atoms with Crippen LogP contribution in [0.15, 0.2) is 48.7 Å². The number of alkyl carbamates (subject to hydrolysis) is 1. The van der Waals surface area contributed by atoms with E-state index >= 15 is 0 Å². The Morgan fingerprint density at radius 1 is 1.15 bits per heavy atom. The van der Waals surface area contributed by atoms with Gasteiger partial charge in [0.15, 0.2) is 0 Å². The monoisotopic (exact) mass is 450 g/mol. The SMILES string of the molecule is COc1ccc(-n2nc(C3CC3)cc2-c2ccc(OCCNC(=O)OC(C)(C)C)cc2)cn1. The number of pyridine rings is 1. The zero-order valence-electron chi connectivity index (χ0n) is 19.5. The smallest absolute Gasteiger partial charge is 0.407 e. The third-order valence-corrected chi connectivity index (χ3v) is 5.09. The van der Waals surface area contributed by atoms with Crippen molar-refractivity contribution in [3.8, 4) is 28.6 Å². The van der Waals surface area contributed by atoms with Gasteiger partial charge in [-0.25, -0.2) is 14.5 Å². The molecule has 1 aliphatic carbocycles. The van der Waals surface area contributed by atoms with Crippen molar-refractivity contribution in [2.24, 2.45) is 0 Å². The van der Waals surface area contributed by atoms with E-state index in [4.69, 9.17) is 19.3 Å². The number of hydrogen-bond donors (Lipinski definition) is 1. The molecular formula is C25H30N4O4. The van der Waals surface area contributed by atoms with E-state index in [1.165, 1.54) is 12.8 Å². The van der Waals surface area contributed by atoms with Crippen LogP contribution in [-0.2, 0) is 4.74 Å². The minimum Gasteiger partial charge on any atom is -0.492 e. The molecule has 1 amide bonds. The molecule has 0 saturated heterocycles. The van der Waals surface area contributed by atoms with Gasteiger partial charge in [0.1, 0.15) is 18.0 Å². The van der Waals surface area contributed by atoms with Crippen molar-refractivity contribution in [1.82, 2.24) is 20.1 Å². The van der Waals surface area contributed by atoms with Gasteiger partial charge in [-0.05, 0) is 70.0 Å². The van der Waals surface area contributed by atoms with Gasteiger partial charge in [-0.2, -0.15) is 5.10 Å². The number of benzene rings is 1. The third kappa shape index (κ3) is 6.03. The summed E-state index contributed by atoms with van der Waals surface area (Å²) in [6.45, 7) is 6.19. The van der Waals surface area contributed by atoms with E-state index in [0.29, 0.717) is 24.9 Å². The number of carbonyl (C=O) groups excluding carboxylic acids is 1. The second-order valence-corrected chi connectivity index (χ2v) is 9.00. The largest absolute Gasteiger partial charge is 0.492 e. The summed E-state index contributed by atoms with van der Waals surface area (Å²) in [5, 5.41) is 7.54. The third-order valence-electron chi connectivity index (χ3n) is 5.09. The average molecular weight is 451 g/mol. The molecule has 0 aliphatic heterocycles. The molecule has 4 rings (SSSR count). The molecule has 8 heteroatoms. The maximum Gasteiger partial charge on any atom is 0.407 e. The van der Waals surface area contributed by atoms with Gasteiger partial charge in [0.2, 0.25) is 5.88 Å². The Balaban J connectivity index is 1.42. The first-order valence-electron chi connectivity index (χ1n) is 11.1. The fourth-order valence-electron chi connectivity index (χ4n) is 3.36. The Labute approximate surface area is 193 Å². The maximum absolute atomic E-state index is 11.7. The van der Waals surface area contributed by atoms with Crippen molar-refractivity contribution in [3.05, 3.63) is 54.4 Å². The van der Waals surface area contributed by atoms with Gasteiger partial charge in [0.05, 0.1) is 36.9 Å². The lowest BCUT2D eigenvalue weighted by Gasteiger charge is -2.19. The molecular weight excluding hydrogens is 420 g/mol. The lowest BCUT2D eigenvalue weighted by Crippen LogP contribution is -2.34. The lowest BCUT2D eigenvalue weighted by molar-refractivity contribution is 0.0520. The molecule has 0 spiro atoms. The van der Waals surface area contributed by atoms with Crippen molar-refractivity contribution in [2.45, 2.75) is 45.1 Å². The highest BCUT2D eigenvalue weighted by Gasteiger charge is 2.28. The van der Waals surface area contributed by atoms with Gasteiger partial charge in [-0.3, -0.25) is 0 Å². The fourth-order valence-corrected chi connectivity index (χ4v) is 3.36. The normalized spacial score (nSPS) is 13.5. The molecule has 1 aliphatic rings. The van der Waals surface area contributed by atoms with Crippen molar-refractivity contribution >= 4 is 6.09 Å². The van der Waals surface area contributed by atoms with Crippen LogP contribution >= 0.6 is 0 Å². The molecule has 3 aromatic rings. The summed E-state index contributed by atoms with van der Waals surface area (Å²) >= 11 is 0. The Kier molecular flexibility index (Phi) is 6.53. The number of methoxy groups -OCH3 is 1. The molecule has 1 aromatic carbocycles. The van der Waals surface area contributed by atoms with E-state index in [2.05, 4.69) is 16.4 Å². The van der Waals surface area contributed by atoms with Gasteiger partial charge in [-0.1, -0.05) is 0 Å². The molecule has 0 atom stereocenters. The van der Waals surface area contributed by atoms with Crippen molar-refractivity contribution < 1.29 is 19.0 Å². The number of carbonyl (C=O) groups is 1. The average Bonchev–Trinajstić information content (AvgIpc) is 3.55. The summed E-state index contributed by atoms with van der Waals surface area (Å²) in [6.07, 6.45) is 3.68. The molecule has 2 aromatic heterocycles. The maximum atomic E-state index is 11.7. The van der Waals surface area contributed by atoms with E-state index in [1.54, 1.807) is 13.3 Å². The molecule has 1 saturated carbocycles. The number of rotatable bonds is 8. The molecule has 174 valence electrons. The summed E-state index contributed by atoms with van der Waals surface area (Å²) < 4.78 is 18.1. The standard InChI is InChI=1S/C25H30N4O4/c1-25(2,3)33-24(30)26-13-14-32-20-10-7-18(8-11-20)22-15-21(17-5-6-17)28-29(22)19-9-12-23(31-4)27-16-19/h7-12,15-17H,5-6,13-14H2,1-4H3,(H,26,30). The number of amides is 1. The van der Waals surface area contributed by atoms with Crippen LogP contribution in [-0.4, -0.2) is 46.7 Å². The van der Waals surface area contributed by atoms with Crippen LogP contribution in [0.5, 0.6) is 11.6 Å². The van der Waals surface area contributed by atoms with E-state index in [1.807, 2.05) is 61.9 Å². The minimum atomic E-state index is -0.519. The van der Waals surface area contributed by atoms with Gasteiger partial charge in [-0.15, -0.1) is 0 Å². The van der Waals surface area contributed by atoms with Gasteiger partial charge in [0.25, 0.3) is 0 Å². The molecule has 0 radical (unpaired) electrons. The summed E-state index contributed by atoms with van der Waals surface area (Å²) in [4.78, 5) is 16.0. The van der Waals surface area contributed by atoms with Gasteiger partial charge < -0.3 is 19.5 Å². The number of aromatic nitrogens is 3. The van der Waals surface area contributed by atoms with Crippen LogP contribution in [0, 0.1) is 0 Å². The zero-order valence-corrected chi connectivity index (χ0v) is 19.5. The van der Waals surface area contributed by atoms with Crippen LogP contribution in [0.4, 0.5) is 4.79 Å². The lowest BCUT2D eigenvalue weighted by atomic mass is 10.1. The quantitative estimate of drug-likeness (QED) is 0.500. The van der Waals surface area contributed by atoms with E-state index in [-0.39, 0.29) is 0 Å². The predicted molar refractivity (Wildman–Crippen MR) is 125 cm³/mol.